The van der Waals surface area contributed by atoms with Gasteiger partial charge in [0.15, 0.2) is 5.96 Å². The van der Waals surface area contributed by atoms with Crippen molar-refractivity contribution in [3.8, 4) is 0 Å². The van der Waals surface area contributed by atoms with Gasteiger partial charge in [-0.2, -0.15) is 0 Å². The number of nitrogens with one attached hydrogen (secondary N) is 2. The van der Waals surface area contributed by atoms with E-state index in [1.165, 1.54) is 17.7 Å². The molecule has 0 radical (unpaired) electrons. The summed E-state index contributed by atoms with van der Waals surface area (Å²) < 4.78 is 18.8. The van der Waals surface area contributed by atoms with E-state index in [1.54, 1.807) is 13.1 Å². The number of guanidine groups is 1. The Hall–Kier alpha value is -1.67. The van der Waals surface area contributed by atoms with Crippen LogP contribution in [0.4, 0.5) is 4.39 Å². The van der Waals surface area contributed by atoms with E-state index in [-0.39, 0.29) is 29.8 Å². The van der Waals surface area contributed by atoms with Crippen LogP contribution in [0.1, 0.15) is 17.5 Å². The third-order valence-corrected chi connectivity index (χ3v) is 3.71. The van der Waals surface area contributed by atoms with Crippen LogP contribution in [-0.2, 0) is 17.7 Å². The van der Waals surface area contributed by atoms with Crippen molar-refractivity contribution in [2.24, 2.45) is 4.99 Å². The van der Waals surface area contributed by atoms with Gasteiger partial charge in [-0.3, -0.25) is 4.99 Å². The van der Waals surface area contributed by atoms with Crippen LogP contribution in [0.25, 0.3) is 0 Å². The van der Waals surface area contributed by atoms with Crippen molar-refractivity contribution >= 4 is 29.9 Å². The molecule has 26 heavy (non-hydrogen) atoms. The largest absolute Gasteiger partial charge is 0.381 e. The molecule has 0 amide bonds. The van der Waals surface area contributed by atoms with Gasteiger partial charge < -0.3 is 15.4 Å². The lowest BCUT2D eigenvalue weighted by molar-refractivity contribution is 0.135. The molecular formula is C20H27FIN3O. The molecule has 2 N–H and O–H groups in total. The molecule has 0 saturated heterocycles. The Morgan fingerprint density at radius 2 is 1.77 bits per heavy atom. The van der Waals surface area contributed by atoms with Crippen molar-refractivity contribution in [2.45, 2.75) is 19.4 Å². The highest BCUT2D eigenvalue weighted by Gasteiger charge is 1.99. The van der Waals surface area contributed by atoms with Gasteiger partial charge in [0.2, 0.25) is 0 Å². The number of rotatable bonds is 9. The first-order valence-electron chi connectivity index (χ1n) is 8.58. The predicted octanol–water partition coefficient (Wildman–Crippen LogP) is 3.76. The number of halogens is 2. The normalized spacial score (nSPS) is 10.9. The summed E-state index contributed by atoms with van der Waals surface area (Å²) in [6.45, 7) is 2.75. The van der Waals surface area contributed by atoms with Gasteiger partial charge in [0.1, 0.15) is 5.82 Å². The van der Waals surface area contributed by atoms with Gasteiger partial charge in [-0.15, -0.1) is 24.0 Å². The van der Waals surface area contributed by atoms with Crippen molar-refractivity contribution in [1.29, 1.82) is 0 Å². The molecule has 0 bridgehead atoms. The smallest absolute Gasteiger partial charge is 0.191 e. The highest BCUT2D eigenvalue weighted by molar-refractivity contribution is 14.0. The molecule has 0 aliphatic heterocycles. The van der Waals surface area contributed by atoms with Crippen LogP contribution >= 0.6 is 24.0 Å². The number of aliphatic imine (C=N–C) groups is 1. The van der Waals surface area contributed by atoms with Crippen molar-refractivity contribution < 1.29 is 9.13 Å². The minimum atomic E-state index is -0.227. The summed E-state index contributed by atoms with van der Waals surface area (Å²) in [7, 11) is 1.72. The Labute approximate surface area is 172 Å². The molecule has 0 fully saturated rings. The summed E-state index contributed by atoms with van der Waals surface area (Å²) in [5.41, 5.74) is 2.18. The van der Waals surface area contributed by atoms with E-state index in [4.69, 9.17) is 4.74 Å². The number of benzene rings is 2. The fourth-order valence-corrected chi connectivity index (χ4v) is 2.37. The second-order valence-electron chi connectivity index (χ2n) is 5.68. The first-order valence-corrected chi connectivity index (χ1v) is 8.58. The van der Waals surface area contributed by atoms with Crippen LogP contribution in [0.3, 0.4) is 0 Å². The minimum Gasteiger partial charge on any atom is -0.381 e. The lowest BCUT2D eigenvalue weighted by Crippen LogP contribution is -2.37. The summed E-state index contributed by atoms with van der Waals surface area (Å²) in [5, 5.41) is 6.40. The minimum absolute atomic E-state index is 0. The SMILES string of the molecule is CN=C(NCCCOCCc1ccccc1)NCc1cccc(F)c1.I. The van der Waals surface area contributed by atoms with E-state index in [2.05, 4.69) is 27.8 Å². The van der Waals surface area contributed by atoms with Crippen LogP contribution in [0.2, 0.25) is 0 Å². The molecule has 0 saturated carbocycles. The average Bonchev–Trinajstić information content (AvgIpc) is 2.64. The zero-order valence-corrected chi connectivity index (χ0v) is 17.4. The third-order valence-electron chi connectivity index (χ3n) is 3.71. The molecule has 0 aliphatic carbocycles. The molecule has 0 spiro atoms. The molecule has 142 valence electrons. The van der Waals surface area contributed by atoms with Gasteiger partial charge in [0.05, 0.1) is 6.61 Å². The molecule has 4 nitrogen and oxygen atoms in total. The highest BCUT2D eigenvalue weighted by atomic mass is 127. The average molecular weight is 471 g/mol. The monoisotopic (exact) mass is 471 g/mol. The first-order chi connectivity index (χ1) is 12.3. The summed E-state index contributed by atoms with van der Waals surface area (Å²) >= 11 is 0. The van der Waals surface area contributed by atoms with Crippen LogP contribution in [-0.4, -0.2) is 32.8 Å². The Kier molecular flexibility index (Phi) is 11.6. The number of hydrogen-bond donors (Lipinski definition) is 2. The van der Waals surface area contributed by atoms with Crippen LogP contribution in [0.5, 0.6) is 0 Å². The molecule has 0 unspecified atom stereocenters. The number of nitrogens with zero attached hydrogens (tertiary/aromatic N) is 1. The predicted molar refractivity (Wildman–Crippen MR) is 116 cm³/mol. The second kappa shape index (κ2) is 13.5. The Bertz CT molecular complexity index is 653. The van der Waals surface area contributed by atoms with Crippen molar-refractivity contribution in [3.05, 3.63) is 71.5 Å². The first kappa shape index (κ1) is 22.4. The lowest BCUT2D eigenvalue weighted by Gasteiger charge is -2.12. The van der Waals surface area contributed by atoms with Crippen molar-refractivity contribution in [3.63, 3.8) is 0 Å². The molecule has 0 heterocycles. The van der Waals surface area contributed by atoms with E-state index in [9.17, 15) is 4.39 Å². The van der Waals surface area contributed by atoms with Gasteiger partial charge in [0.25, 0.3) is 0 Å². The maximum Gasteiger partial charge on any atom is 0.191 e. The summed E-state index contributed by atoms with van der Waals surface area (Å²) in [6.07, 6.45) is 1.83. The molecule has 0 aromatic heterocycles. The molecular weight excluding hydrogens is 444 g/mol. The maximum atomic E-state index is 13.1. The molecule has 6 heteroatoms. The second-order valence-corrected chi connectivity index (χ2v) is 5.68. The van der Waals surface area contributed by atoms with Gasteiger partial charge in [-0.25, -0.2) is 4.39 Å². The van der Waals surface area contributed by atoms with E-state index < -0.39 is 0 Å². The van der Waals surface area contributed by atoms with Gasteiger partial charge >= 0.3 is 0 Å². The summed E-state index contributed by atoms with van der Waals surface area (Å²) in [4.78, 5) is 4.16. The standard InChI is InChI=1S/C20H26FN3O.HI/c1-22-20(24-16-18-9-5-10-19(21)15-18)23-12-6-13-25-14-11-17-7-3-2-4-8-17;/h2-5,7-10,15H,6,11-14,16H2,1H3,(H2,22,23,24);1H. The summed E-state index contributed by atoms with van der Waals surface area (Å²) in [5.74, 6) is 0.475. The van der Waals surface area contributed by atoms with E-state index in [0.717, 1.165) is 31.6 Å². The molecule has 2 aromatic rings. The number of ether oxygens (including phenoxy) is 1. The van der Waals surface area contributed by atoms with Crippen LogP contribution in [0, 0.1) is 5.82 Å². The van der Waals surface area contributed by atoms with E-state index >= 15 is 0 Å². The molecule has 2 aromatic carbocycles. The fourth-order valence-electron chi connectivity index (χ4n) is 2.37. The Balaban J connectivity index is 0.00000338. The fraction of sp³-hybridized carbons (Fsp3) is 0.350. The maximum absolute atomic E-state index is 13.1. The zero-order chi connectivity index (χ0) is 17.7. The summed E-state index contributed by atoms with van der Waals surface area (Å²) in [6, 6.07) is 16.9. The van der Waals surface area contributed by atoms with Crippen molar-refractivity contribution in [2.75, 3.05) is 26.8 Å². The molecule has 0 atom stereocenters. The lowest BCUT2D eigenvalue weighted by atomic mass is 10.2. The Morgan fingerprint density at radius 1 is 1.00 bits per heavy atom. The van der Waals surface area contributed by atoms with Gasteiger partial charge in [-0.1, -0.05) is 42.5 Å². The van der Waals surface area contributed by atoms with E-state index in [1.807, 2.05) is 24.3 Å². The zero-order valence-electron chi connectivity index (χ0n) is 15.1. The van der Waals surface area contributed by atoms with Gasteiger partial charge in [0, 0.05) is 26.7 Å². The van der Waals surface area contributed by atoms with Crippen LogP contribution in [0.15, 0.2) is 59.6 Å². The quantitative estimate of drug-likeness (QED) is 0.254. The Morgan fingerprint density at radius 3 is 2.50 bits per heavy atom. The highest BCUT2D eigenvalue weighted by Crippen LogP contribution is 2.02. The molecule has 0 aliphatic rings. The van der Waals surface area contributed by atoms with Crippen LogP contribution < -0.4 is 10.6 Å². The molecule has 2 rings (SSSR count). The number of hydrogen-bond acceptors (Lipinski definition) is 2. The van der Waals surface area contributed by atoms with E-state index in [0.29, 0.717) is 19.1 Å². The topological polar surface area (TPSA) is 45.7 Å². The third kappa shape index (κ3) is 9.15. The van der Waals surface area contributed by atoms with Gasteiger partial charge in [-0.05, 0) is 36.1 Å². The van der Waals surface area contributed by atoms with Crippen molar-refractivity contribution in [1.82, 2.24) is 10.6 Å².